The minimum atomic E-state index is -2.85. The van der Waals surface area contributed by atoms with E-state index in [1.165, 1.54) is 5.01 Å². The zero-order chi connectivity index (χ0) is 23.5. The van der Waals surface area contributed by atoms with Crippen molar-refractivity contribution < 1.29 is 23.8 Å². The van der Waals surface area contributed by atoms with E-state index in [4.69, 9.17) is 11.6 Å². The molecule has 8 heteroatoms. The van der Waals surface area contributed by atoms with Gasteiger partial charge < -0.3 is 15.9 Å². The molecule has 4 rings (SSSR count). The van der Waals surface area contributed by atoms with Crippen molar-refractivity contribution in [2.24, 2.45) is 52.5 Å². The maximum atomic E-state index is 16.0. The van der Waals surface area contributed by atoms with E-state index in [0.717, 1.165) is 32.1 Å². The van der Waals surface area contributed by atoms with Gasteiger partial charge in [0.05, 0.1) is 11.7 Å². The molecule has 8 unspecified atom stereocenters. The predicted octanol–water partition coefficient (Wildman–Crippen LogP) is 2.66. The fourth-order valence-corrected chi connectivity index (χ4v) is 8.41. The molecule has 0 saturated heterocycles. The molecule has 0 aromatic carbocycles. The monoisotopic (exact) mass is 457 g/mol. The van der Waals surface area contributed by atoms with Gasteiger partial charge in [-0.25, -0.2) is 13.8 Å². The minimum absolute atomic E-state index is 0.00962. The third-order valence-corrected chi connectivity index (χ3v) is 9.95. The molecule has 0 bridgehead atoms. The van der Waals surface area contributed by atoms with E-state index in [1.807, 2.05) is 6.92 Å². The molecule has 9 atom stereocenters. The quantitative estimate of drug-likeness (QED) is 0.362. The maximum absolute atomic E-state index is 16.0. The van der Waals surface area contributed by atoms with Crippen molar-refractivity contribution in [1.29, 1.82) is 0 Å². The zero-order valence-electron chi connectivity index (χ0n) is 19.5. The summed E-state index contributed by atoms with van der Waals surface area (Å²) >= 11 is 0. The fourth-order valence-electron chi connectivity index (χ4n) is 8.41. The van der Waals surface area contributed by atoms with Gasteiger partial charge in [0.15, 0.2) is 0 Å². The summed E-state index contributed by atoms with van der Waals surface area (Å²) in [6.07, 6.45) is 4.52. The van der Waals surface area contributed by atoms with Crippen molar-refractivity contribution in [3.8, 4) is 0 Å². The van der Waals surface area contributed by atoms with Gasteiger partial charge in [0.1, 0.15) is 0 Å². The van der Waals surface area contributed by atoms with Crippen LogP contribution in [0.2, 0.25) is 0 Å². The molecular weight excluding hydrogens is 416 g/mol. The van der Waals surface area contributed by atoms with Gasteiger partial charge in [-0.15, -0.1) is 0 Å². The first kappa shape index (κ1) is 24.3. The van der Waals surface area contributed by atoms with Gasteiger partial charge in [-0.2, -0.15) is 0 Å². The number of halogens is 2. The van der Waals surface area contributed by atoms with E-state index >= 15 is 8.78 Å². The molecule has 0 radical (unpaired) electrons. The lowest BCUT2D eigenvalue weighted by Gasteiger charge is -2.59. The summed E-state index contributed by atoms with van der Waals surface area (Å²) in [6.45, 7) is 3.85. The van der Waals surface area contributed by atoms with Crippen LogP contribution >= 0.6 is 0 Å². The molecule has 4 fully saturated rings. The van der Waals surface area contributed by atoms with E-state index in [-0.39, 0.29) is 49.6 Å². The van der Waals surface area contributed by atoms with Gasteiger partial charge in [-0.1, -0.05) is 6.92 Å². The number of hydrazine groups is 1. The van der Waals surface area contributed by atoms with Gasteiger partial charge in [-0.05, 0) is 87.4 Å². The Hall–Kier alpha value is -0.830. The van der Waals surface area contributed by atoms with E-state index < -0.39 is 34.9 Å². The summed E-state index contributed by atoms with van der Waals surface area (Å²) < 4.78 is 31.9. The number of hydrogen-bond acceptors (Lipinski definition) is 5. The van der Waals surface area contributed by atoms with Gasteiger partial charge in [0.25, 0.3) is 5.92 Å². The molecule has 32 heavy (non-hydrogen) atoms. The molecule has 1 amide bonds. The van der Waals surface area contributed by atoms with Crippen LogP contribution in [0.4, 0.5) is 8.78 Å². The van der Waals surface area contributed by atoms with E-state index in [9.17, 15) is 15.0 Å². The molecule has 0 spiro atoms. The Labute approximate surface area is 190 Å². The highest BCUT2D eigenvalue weighted by atomic mass is 19.3. The summed E-state index contributed by atoms with van der Waals surface area (Å²) in [5.74, 6) is 2.88. The molecule has 6 nitrogen and oxygen atoms in total. The standard InChI is InChI=1S/C24H41F2N3O3/c1-22(32)9-7-15-14(11-22)3-4-16-17(15)12-24(25,26)23(2)18(16)5-6-19(23)20(30)13-29(28)10-8-21(27)31/h14-20,30,32H,3-13,28H2,1-2H3,(H2,27,31)/t14?,15?,16?,17?,18?,19?,20?,22-,23?/m1/s1. The van der Waals surface area contributed by atoms with E-state index in [2.05, 4.69) is 0 Å². The molecule has 184 valence electrons. The van der Waals surface area contributed by atoms with Crippen LogP contribution in [-0.2, 0) is 4.79 Å². The first-order chi connectivity index (χ1) is 14.9. The first-order valence-electron chi connectivity index (χ1n) is 12.4. The van der Waals surface area contributed by atoms with Crippen LogP contribution < -0.4 is 11.6 Å². The van der Waals surface area contributed by atoms with Crippen LogP contribution in [0.5, 0.6) is 0 Å². The summed E-state index contributed by atoms with van der Waals surface area (Å²) in [7, 11) is 0. The number of nitrogens with two attached hydrogens (primary N) is 2. The number of hydrogen-bond donors (Lipinski definition) is 4. The number of alkyl halides is 2. The van der Waals surface area contributed by atoms with Crippen LogP contribution in [-0.4, -0.2) is 51.8 Å². The molecule has 0 heterocycles. The van der Waals surface area contributed by atoms with Crippen molar-refractivity contribution in [2.75, 3.05) is 13.1 Å². The van der Waals surface area contributed by atoms with Gasteiger partial charge in [0.2, 0.25) is 5.91 Å². The van der Waals surface area contributed by atoms with Crippen LogP contribution in [0, 0.1) is 40.9 Å². The van der Waals surface area contributed by atoms with Crippen LogP contribution in [0.1, 0.15) is 71.6 Å². The lowest BCUT2D eigenvalue weighted by atomic mass is 9.47. The topological polar surface area (TPSA) is 113 Å². The Balaban J connectivity index is 1.51. The SMILES string of the molecule is CC12C(C(O)CN(N)CCC(N)=O)CCC1C1CCC3C[C@](C)(O)CCC3C1CC2(F)F. The predicted molar refractivity (Wildman–Crippen MR) is 117 cm³/mol. The highest BCUT2D eigenvalue weighted by Gasteiger charge is 2.69. The molecule has 6 N–H and O–H groups in total. The average Bonchev–Trinajstić information content (AvgIpc) is 3.04. The van der Waals surface area contributed by atoms with Crippen molar-refractivity contribution in [3.05, 3.63) is 0 Å². The Kier molecular flexibility index (Phi) is 6.40. The summed E-state index contributed by atoms with van der Waals surface area (Å²) in [4.78, 5) is 11.0. The van der Waals surface area contributed by atoms with Crippen LogP contribution in [0.15, 0.2) is 0 Å². The van der Waals surface area contributed by atoms with Gasteiger partial charge >= 0.3 is 0 Å². The second-order valence-corrected chi connectivity index (χ2v) is 11.8. The molecule has 4 saturated carbocycles. The van der Waals surface area contributed by atoms with Crippen molar-refractivity contribution >= 4 is 5.91 Å². The van der Waals surface area contributed by atoms with Gasteiger partial charge in [0, 0.05) is 31.3 Å². The van der Waals surface area contributed by atoms with Gasteiger partial charge in [-0.3, -0.25) is 10.6 Å². The maximum Gasteiger partial charge on any atom is 0.254 e. The third kappa shape index (κ3) is 4.10. The molecule has 0 aromatic rings. The number of nitrogens with zero attached hydrogens (tertiary/aromatic N) is 1. The zero-order valence-corrected chi connectivity index (χ0v) is 19.5. The third-order valence-electron chi connectivity index (χ3n) is 9.95. The largest absolute Gasteiger partial charge is 0.391 e. The van der Waals surface area contributed by atoms with E-state index in [0.29, 0.717) is 18.8 Å². The summed E-state index contributed by atoms with van der Waals surface area (Å²) in [6, 6.07) is 0. The Morgan fingerprint density at radius 3 is 2.50 bits per heavy atom. The normalized spacial score (nSPS) is 46.2. The second kappa shape index (κ2) is 8.43. The first-order valence-corrected chi connectivity index (χ1v) is 12.4. The summed E-state index contributed by atoms with van der Waals surface area (Å²) in [5, 5.41) is 22.8. The number of aliphatic hydroxyl groups excluding tert-OH is 1. The Bertz CT molecular complexity index is 721. The molecule has 4 aliphatic carbocycles. The minimum Gasteiger partial charge on any atom is -0.391 e. The molecule has 4 aliphatic rings. The highest BCUT2D eigenvalue weighted by Crippen LogP contribution is 2.69. The number of carbonyl (C=O) groups is 1. The number of carbonyl (C=O) groups excluding carboxylic acids is 1. The fraction of sp³-hybridized carbons (Fsp3) is 0.958. The second-order valence-electron chi connectivity index (χ2n) is 11.8. The van der Waals surface area contributed by atoms with E-state index in [1.54, 1.807) is 6.92 Å². The molecule has 0 aliphatic heterocycles. The number of rotatable bonds is 6. The van der Waals surface area contributed by atoms with Crippen LogP contribution in [0.25, 0.3) is 0 Å². The number of amides is 1. The lowest BCUT2D eigenvalue weighted by Crippen LogP contribution is -2.60. The molecule has 0 aromatic heterocycles. The lowest BCUT2D eigenvalue weighted by molar-refractivity contribution is -0.239. The highest BCUT2D eigenvalue weighted by molar-refractivity contribution is 5.73. The number of fused-ring (bicyclic) bond motifs is 5. The molecular formula is C24H41F2N3O3. The van der Waals surface area contributed by atoms with Crippen LogP contribution in [0.3, 0.4) is 0 Å². The smallest absolute Gasteiger partial charge is 0.254 e. The Morgan fingerprint density at radius 2 is 1.81 bits per heavy atom. The van der Waals surface area contributed by atoms with Crippen molar-refractivity contribution in [2.45, 2.75) is 89.3 Å². The average molecular weight is 458 g/mol. The summed E-state index contributed by atoms with van der Waals surface area (Å²) in [5.41, 5.74) is 3.26. The van der Waals surface area contributed by atoms with Crippen molar-refractivity contribution in [1.82, 2.24) is 5.01 Å². The van der Waals surface area contributed by atoms with Crippen molar-refractivity contribution in [3.63, 3.8) is 0 Å². The Morgan fingerprint density at radius 1 is 1.09 bits per heavy atom. The number of primary amides is 1. The number of aliphatic hydroxyl groups is 2.